The first-order valence-corrected chi connectivity index (χ1v) is 7.29. The molecule has 0 unspecified atom stereocenters. The molecule has 0 aliphatic heterocycles. The zero-order valence-corrected chi connectivity index (χ0v) is 13.3. The predicted octanol–water partition coefficient (Wildman–Crippen LogP) is 4.82. The zero-order valence-electron chi connectivity index (χ0n) is 12.6. The minimum Gasteiger partial charge on any atom is -0.359 e. The Morgan fingerprint density at radius 2 is 1.68 bits per heavy atom. The highest BCUT2D eigenvalue weighted by Gasteiger charge is 2.33. The smallest absolute Gasteiger partial charge is 0.359 e. The molecule has 2 aromatic carbocycles. The Balaban J connectivity index is 2.21. The number of carbonyl (C=O) groups excluding carboxylic acids is 1. The van der Waals surface area contributed by atoms with Crippen molar-refractivity contribution in [3.63, 3.8) is 0 Å². The van der Waals surface area contributed by atoms with Crippen LogP contribution in [0.4, 0.5) is 24.5 Å². The topological polar surface area (TPSA) is 64.9 Å². The molecule has 0 bridgehead atoms. The minimum absolute atomic E-state index is 0.360. The molecule has 2 rings (SSSR count). The van der Waals surface area contributed by atoms with Crippen molar-refractivity contribution in [2.24, 2.45) is 0 Å². The molecule has 0 spiro atoms. The van der Waals surface area contributed by atoms with E-state index in [2.05, 4.69) is 10.6 Å². The summed E-state index contributed by atoms with van der Waals surface area (Å²) in [6.07, 6.45) is -3.55. The molecule has 1 amide bonds. The number of nitrogens with zero attached hydrogens (tertiary/aromatic N) is 1. The van der Waals surface area contributed by atoms with E-state index in [0.29, 0.717) is 10.7 Å². The summed E-state index contributed by atoms with van der Waals surface area (Å²) in [5, 5.41) is 14.2. The van der Waals surface area contributed by atoms with Crippen LogP contribution in [-0.2, 0) is 11.0 Å². The Labute approximate surface area is 146 Å². The average molecular weight is 366 g/mol. The first-order chi connectivity index (χ1) is 11.8. The molecule has 4 nitrogen and oxygen atoms in total. The Hall–Kier alpha value is -2.98. The van der Waals surface area contributed by atoms with Crippen molar-refractivity contribution >= 4 is 28.9 Å². The number of anilines is 2. The predicted molar refractivity (Wildman–Crippen MR) is 88.8 cm³/mol. The van der Waals surface area contributed by atoms with Crippen LogP contribution in [-0.4, -0.2) is 5.91 Å². The van der Waals surface area contributed by atoms with Crippen molar-refractivity contribution in [2.75, 3.05) is 10.6 Å². The fourth-order valence-corrected chi connectivity index (χ4v) is 2.10. The fourth-order valence-electron chi connectivity index (χ4n) is 1.91. The Morgan fingerprint density at radius 1 is 1.08 bits per heavy atom. The molecule has 25 heavy (non-hydrogen) atoms. The number of carbonyl (C=O) groups is 1. The van der Waals surface area contributed by atoms with E-state index >= 15 is 0 Å². The quantitative estimate of drug-likeness (QED) is 0.603. The van der Waals surface area contributed by atoms with Gasteiger partial charge in [0.25, 0.3) is 5.91 Å². The van der Waals surface area contributed by atoms with Crippen LogP contribution in [0.5, 0.6) is 0 Å². The van der Waals surface area contributed by atoms with Gasteiger partial charge >= 0.3 is 6.18 Å². The molecular formula is C17H11ClF3N3O. The molecular weight excluding hydrogens is 355 g/mol. The van der Waals surface area contributed by atoms with Gasteiger partial charge in [0.2, 0.25) is 0 Å². The number of benzene rings is 2. The summed E-state index contributed by atoms with van der Waals surface area (Å²) in [5.41, 5.74) is -1.39. The van der Waals surface area contributed by atoms with Crippen molar-refractivity contribution in [3.05, 3.63) is 70.9 Å². The van der Waals surface area contributed by atoms with Crippen LogP contribution in [0, 0.1) is 11.3 Å². The largest absolute Gasteiger partial charge is 0.418 e. The summed E-state index contributed by atoms with van der Waals surface area (Å²) in [7, 11) is 0. The number of nitrogens with one attached hydrogen (secondary N) is 2. The Kier molecular flexibility index (Phi) is 5.67. The fraction of sp³-hybridized carbons (Fsp3) is 0.0588. The van der Waals surface area contributed by atoms with E-state index in [1.54, 1.807) is 30.3 Å². The molecule has 0 radical (unpaired) electrons. The maximum absolute atomic E-state index is 12.9. The molecule has 0 aromatic heterocycles. The Morgan fingerprint density at radius 3 is 2.28 bits per heavy atom. The lowest BCUT2D eigenvalue weighted by Gasteiger charge is -2.13. The van der Waals surface area contributed by atoms with Gasteiger partial charge in [0.15, 0.2) is 0 Å². The molecule has 8 heteroatoms. The van der Waals surface area contributed by atoms with Gasteiger partial charge in [0, 0.05) is 6.20 Å². The third-order valence-electron chi connectivity index (χ3n) is 3.09. The zero-order chi connectivity index (χ0) is 18.4. The lowest BCUT2D eigenvalue weighted by atomic mass is 10.1. The highest BCUT2D eigenvalue weighted by atomic mass is 35.5. The van der Waals surface area contributed by atoms with Crippen molar-refractivity contribution < 1.29 is 18.0 Å². The lowest BCUT2D eigenvalue weighted by Crippen LogP contribution is -2.18. The van der Waals surface area contributed by atoms with Gasteiger partial charge in [0.1, 0.15) is 11.6 Å². The molecule has 0 saturated heterocycles. The molecule has 0 atom stereocenters. The standard InChI is InChI=1S/C17H11ClF3N3O/c18-13-6-2-4-8-15(13)23-10-11(9-22)16(25)24-14-7-3-1-5-12(14)17(19,20)21/h1-8,10,23H,(H,24,25)/b11-10-. The highest BCUT2D eigenvalue weighted by molar-refractivity contribution is 6.33. The second-order valence-corrected chi connectivity index (χ2v) is 5.20. The van der Waals surface area contributed by atoms with Gasteiger partial charge < -0.3 is 10.6 Å². The third-order valence-corrected chi connectivity index (χ3v) is 3.42. The van der Waals surface area contributed by atoms with Crippen LogP contribution in [0.15, 0.2) is 60.3 Å². The van der Waals surface area contributed by atoms with Crippen molar-refractivity contribution in [1.29, 1.82) is 5.26 Å². The lowest BCUT2D eigenvalue weighted by molar-refractivity contribution is -0.137. The molecule has 0 aliphatic rings. The second kappa shape index (κ2) is 7.73. The monoisotopic (exact) mass is 365 g/mol. The summed E-state index contributed by atoms with van der Waals surface area (Å²) in [6.45, 7) is 0. The van der Waals surface area contributed by atoms with Crippen LogP contribution < -0.4 is 10.6 Å². The van der Waals surface area contributed by atoms with Gasteiger partial charge in [-0.3, -0.25) is 4.79 Å². The first-order valence-electron chi connectivity index (χ1n) is 6.92. The van der Waals surface area contributed by atoms with Gasteiger partial charge in [-0.25, -0.2) is 0 Å². The Bertz CT molecular complexity index is 857. The molecule has 128 valence electrons. The average Bonchev–Trinajstić information content (AvgIpc) is 2.56. The molecule has 0 heterocycles. The third kappa shape index (κ3) is 4.75. The summed E-state index contributed by atoms with van der Waals surface area (Å²) >= 11 is 5.93. The number of hydrogen-bond donors (Lipinski definition) is 2. The van der Waals surface area contributed by atoms with Gasteiger partial charge in [-0.1, -0.05) is 35.9 Å². The number of halogens is 4. The second-order valence-electron chi connectivity index (χ2n) is 4.79. The van der Waals surface area contributed by atoms with Gasteiger partial charge in [-0.2, -0.15) is 18.4 Å². The van der Waals surface area contributed by atoms with Crippen LogP contribution >= 0.6 is 11.6 Å². The minimum atomic E-state index is -4.63. The molecule has 0 saturated carbocycles. The van der Waals surface area contributed by atoms with Gasteiger partial charge in [-0.15, -0.1) is 0 Å². The van der Waals surface area contributed by atoms with Crippen LogP contribution in [0.25, 0.3) is 0 Å². The first kappa shape index (κ1) is 18.4. The number of para-hydroxylation sites is 2. The molecule has 0 fully saturated rings. The maximum atomic E-state index is 12.9. The van der Waals surface area contributed by atoms with E-state index in [1.807, 2.05) is 0 Å². The molecule has 2 aromatic rings. The number of hydrogen-bond acceptors (Lipinski definition) is 3. The highest BCUT2D eigenvalue weighted by Crippen LogP contribution is 2.34. The number of alkyl halides is 3. The van der Waals surface area contributed by atoms with E-state index in [1.165, 1.54) is 12.1 Å². The van der Waals surface area contributed by atoms with Crippen LogP contribution in [0.1, 0.15) is 5.56 Å². The van der Waals surface area contributed by atoms with E-state index in [9.17, 15) is 18.0 Å². The van der Waals surface area contributed by atoms with E-state index < -0.39 is 28.9 Å². The van der Waals surface area contributed by atoms with Crippen LogP contribution in [0.3, 0.4) is 0 Å². The van der Waals surface area contributed by atoms with E-state index in [0.717, 1.165) is 18.3 Å². The summed E-state index contributed by atoms with van der Waals surface area (Å²) in [5.74, 6) is -0.973. The number of nitriles is 1. The van der Waals surface area contributed by atoms with E-state index in [4.69, 9.17) is 16.9 Å². The summed E-state index contributed by atoms with van der Waals surface area (Å²) in [6, 6.07) is 12.7. The molecule has 0 aliphatic carbocycles. The summed E-state index contributed by atoms with van der Waals surface area (Å²) < 4.78 is 38.8. The van der Waals surface area contributed by atoms with Crippen molar-refractivity contribution in [2.45, 2.75) is 6.18 Å². The normalized spacial score (nSPS) is 11.6. The van der Waals surface area contributed by atoms with Crippen LogP contribution in [0.2, 0.25) is 5.02 Å². The summed E-state index contributed by atoms with van der Waals surface area (Å²) in [4.78, 5) is 12.1. The molecule has 2 N–H and O–H groups in total. The van der Waals surface area contributed by atoms with Gasteiger partial charge in [0.05, 0.1) is 22.0 Å². The van der Waals surface area contributed by atoms with Gasteiger partial charge in [-0.05, 0) is 24.3 Å². The van der Waals surface area contributed by atoms with Crippen molar-refractivity contribution in [1.82, 2.24) is 0 Å². The SMILES string of the molecule is N#C/C(=C/Nc1ccccc1Cl)C(=O)Nc1ccccc1C(F)(F)F. The van der Waals surface area contributed by atoms with Crippen molar-refractivity contribution in [3.8, 4) is 6.07 Å². The van der Waals surface area contributed by atoms with E-state index in [-0.39, 0.29) is 0 Å². The number of amides is 1. The maximum Gasteiger partial charge on any atom is 0.418 e. The number of rotatable bonds is 4.